The van der Waals surface area contributed by atoms with E-state index in [9.17, 15) is 18.0 Å². The van der Waals surface area contributed by atoms with Crippen molar-refractivity contribution in [3.05, 3.63) is 29.8 Å². The first-order valence-electron chi connectivity index (χ1n) is 6.04. The molecule has 1 amide bonds. The Morgan fingerprint density at radius 1 is 1.33 bits per heavy atom. The van der Waals surface area contributed by atoms with Gasteiger partial charge in [-0.3, -0.25) is 9.59 Å². The molecule has 0 aromatic heterocycles. The second-order valence-corrected chi connectivity index (χ2v) is 5.95. The maximum atomic E-state index is 11.8. The van der Waals surface area contributed by atoms with Crippen molar-refractivity contribution in [1.29, 1.82) is 0 Å². The lowest BCUT2D eigenvalue weighted by molar-refractivity contribution is -0.142. The Hall–Kier alpha value is -2.09. The van der Waals surface area contributed by atoms with E-state index in [4.69, 9.17) is 8.92 Å². The summed E-state index contributed by atoms with van der Waals surface area (Å²) in [4.78, 5) is 22.8. The Labute approximate surface area is 123 Å². The maximum Gasteiger partial charge on any atom is 0.314 e. The first-order valence-corrected chi connectivity index (χ1v) is 7.86. The van der Waals surface area contributed by atoms with Gasteiger partial charge in [0.15, 0.2) is 0 Å². The van der Waals surface area contributed by atoms with Crippen LogP contribution in [0.1, 0.15) is 18.4 Å². The molecule has 0 bridgehead atoms. The number of benzene rings is 1. The topological polar surface area (TPSA) is 98.8 Å². The first kappa shape index (κ1) is 17.0. The summed E-state index contributed by atoms with van der Waals surface area (Å²) < 4.78 is 31.7. The van der Waals surface area contributed by atoms with Crippen LogP contribution in [0.4, 0.5) is 0 Å². The van der Waals surface area contributed by atoms with Crippen LogP contribution in [0.5, 0.6) is 5.75 Å². The fourth-order valence-corrected chi connectivity index (χ4v) is 2.14. The molecular weight excluding hydrogens is 298 g/mol. The highest BCUT2D eigenvalue weighted by Crippen LogP contribution is 2.22. The third-order valence-electron chi connectivity index (χ3n) is 2.55. The number of hydrogen-bond acceptors (Lipinski definition) is 6. The van der Waals surface area contributed by atoms with Crippen molar-refractivity contribution in [2.45, 2.75) is 12.8 Å². The number of nitrogens with one attached hydrogen (secondary N) is 1. The molecule has 0 radical (unpaired) electrons. The number of hydrogen-bond donors (Lipinski definition) is 1. The van der Waals surface area contributed by atoms with Gasteiger partial charge in [0.05, 0.1) is 19.3 Å². The zero-order valence-electron chi connectivity index (χ0n) is 12.0. The normalized spacial score (nSPS) is 12.3. The van der Waals surface area contributed by atoms with Crippen molar-refractivity contribution < 1.29 is 26.9 Å². The summed E-state index contributed by atoms with van der Waals surface area (Å²) in [6.07, 6.45) is 0.925. The van der Waals surface area contributed by atoms with Gasteiger partial charge in [-0.15, -0.1) is 0 Å². The molecule has 0 spiro atoms. The van der Waals surface area contributed by atoms with Gasteiger partial charge in [0.1, 0.15) is 5.75 Å². The summed E-state index contributed by atoms with van der Waals surface area (Å²) >= 11 is 0. The third kappa shape index (κ3) is 5.82. The zero-order valence-corrected chi connectivity index (χ0v) is 12.8. The number of methoxy groups -OCH3 is 1. The average molecular weight is 315 g/mol. The molecule has 8 heteroatoms. The number of carbonyl (C=O) groups is 2. The minimum Gasteiger partial charge on any atom is -0.468 e. The quantitative estimate of drug-likeness (QED) is 0.603. The van der Waals surface area contributed by atoms with Crippen molar-refractivity contribution in [2.24, 2.45) is 0 Å². The number of carbonyl (C=O) groups excluding carboxylic acids is 2. The van der Waals surface area contributed by atoms with Gasteiger partial charge in [0.2, 0.25) is 5.91 Å². The molecule has 7 nitrogen and oxygen atoms in total. The molecule has 0 fully saturated rings. The molecule has 1 atom stereocenters. The smallest absolute Gasteiger partial charge is 0.314 e. The van der Waals surface area contributed by atoms with Crippen LogP contribution >= 0.6 is 0 Å². The molecule has 1 unspecified atom stereocenters. The van der Waals surface area contributed by atoms with Crippen LogP contribution in [-0.2, 0) is 24.4 Å². The SMILES string of the molecule is COC(=O)C(CNC(C)=O)c1cccc(OS(C)(=O)=O)c1. The number of ether oxygens (including phenoxy) is 1. The summed E-state index contributed by atoms with van der Waals surface area (Å²) in [6, 6.07) is 6.06. The molecule has 0 saturated carbocycles. The largest absolute Gasteiger partial charge is 0.468 e. The van der Waals surface area contributed by atoms with Crippen LogP contribution in [0.15, 0.2) is 24.3 Å². The van der Waals surface area contributed by atoms with Crippen molar-refractivity contribution in [3.8, 4) is 5.75 Å². The molecule has 1 rings (SSSR count). The van der Waals surface area contributed by atoms with E-state index in [1.807, 2.05) is 0 Å². The minimum absolute atomic E-state index is 0.0460. The van der Waals surface area contributed by atoms with Crippen LogP contribution in [0.3, 0.4) is 0 Å². The highest BCUT2D eigenvalue weighted by molar-refractivity contribution is 7.86. The van der Waals surface area contributed by atoms with Gasteiger partial charge in [-0.1, -0.05) is 12.1 Å². The summed E-state index contributed by atoms with van der Waals surface area (Å²) in [7, 11) is -2.42. The van der Waals surface area contributed by atoms with Crippen molar-refractivity contribution in [3.63, 3.8) is 0 Å². The van der Waals surface area contributed by atoms with E-state index in [2.05, 4.69) is 5.32 Å². The monoisotopic (exact) mass is 315 g/mol. The van der Waals surface area contributed by atoms with Gasteiger partial charge < -0.3 is 14.2 Å². The molecule has 1 N–H and O–H groups in total. The Bertz CT molecular complexity index is 625. The van der Waals surface area contributed by atoms with Gasteiger partial charge in [-0.2, -0.15) is 8.42 Å². The standard InChI is InChI=1S/C13H17NO6S/c1-9(15)14-8-12(13(16)19-2)10-5-4-6-11(7-10)20-21(3,17)18/h4-7,12H,8H2,1-3H3,(H,14,15). The van der Waals surface area contributed by atoms with Crippen LogP contribution in [0.25, 0.3) is 0 Å². The number of amides is 1. The fourth-order valence-electron chi connectivity index (χ4n) is 1.68. The maximum absolute atomic E-state index is 11.8. The van der Waals surface area contributed by atoms with Gasteiger partial charge in [0.25, 0.3) is 0 Å². The predicted molar refractivity (Wildman–Crippen MR) is 75.4 cm³/mol. The van der Waals surface area contributed by atoms with Crippen LogP contribution < -0.4 is 9.50 Å². The van der Waals surface area contributed by atoms with Crippen LogP contribution in [-0.4, -0.2) is 40.2 Å². The molecule has 0 saturated heterocycles. The van der Waals surface area contributed by atoms with E-state index in [-0.39, 0.29) is 18.2 Å². The van der Waals surface area contributed by atoms with E-state index < -0.39 is 22.0 Å². The minimum atomic E-state index is -3.66. The second kappa shape index (κ2) is 7.07. The van der Waals surface area contributed by atoms with E-state index in [0.29, 0.717) is 5.56 Å². The summed E-state index contributed by atoms with van der Waals surface area (Å²) in [6.45, 7) is 1.38. The molecule has 0 heterocycles. The summed E-state index contributed by atoms with van der Waals surface area (Å²) in [5.41, 5.74) is 0.483. The molecule has 0 aliphatic rings. The van der Waals surface area contributed by atoms with Crippen LogP contribution in [0, 0.1) is 0 Å². The van der Waals surface area contributed by atoms with Crippen LogP contribution in [0.2, 0.25) is 0 Å². The first-order chi connectivity index (χ1) is 9.73. The number of rotatable bonds is 6. The molecule has 0 aliphatic carbocycles. The lowest BCUT2D eigenvalue weighted by atomic mass is 9.99. The predicted octanol–water partition coefficient (Wildman–Crippen LogP) is 0.418. The lowest BCUT2D eigenvalue weighted by Crippen LogP contribution is -2.30. The Kier molecular flexibility index (Phi) is 5.71. The molecule has 21 heavy (non-hydrogen) atoms. The van der Waals surface area contributed by atoms with Crippen molar-refractivity contribution in [1.82, 2.24) is 5.32 Å². The highest BCUT2D eigenvalue weighted by Gasteiger charge is 2.22. The summed E-state index contributed by atoms with van der Waals surface area (Å²) in [5.74, 6) is -1.48. The van der Waals surface area contributed by atoms with Crippen molar-refractivity contribution in [2.75, 3.05) is 19.9 Å². The van der Waals surface area contributed by atoms with E-state index in [1.54, 1.807) is 12.1 Å². The Morgan fingerprint density at radius 2 is 2.00 bits per heavy atom. The van der Waals surface area contributed by atoms with E-state index >= 15 is 0 Å². The van der Waals surface area contributed by atoms with E-state index in [1.165, 1.54) is 26.2 Å². The van der Waals surface area contributed by atoms with Gasteiger partial charge in [-0.05, 0) is 17.7 Å². The Morgan fingerprint density at radius 3 is 2.52 bits per heavy atom. The fraction of sp³-hybridized carbons (Fsp3) is 0.385. The van der Waals surface area contributed by atoms with Crippen molar-refractivity contribution >= 4 is 22.0 Å². The summed E-state index contributed by atoms with van der Waals surface area (Å²) in [5, 5.41) is 2.53. The lowest BCUT2D eigenvalue weighted by Gasteiger charge is -2.16. The molecular formula is C13H17NO6S. The van der Waals surface area contributed by atoms with Gasteiger partial charge in [-0.25, -0.2) is 0 Å². The van der Waals surface area contributed by atoms with E-state index in [0.717, 1.165) is 6.26 Å². The number of esters is 1. The molecule has 1 aromatic carbocycles. The molecule has 116 valence electrons. The average Bonchev–Trinajstić information content (AvgIpc) is 2.36. The highest BCUT2D eigenvalue weighted by atomic mass is 32.2. The van der Waals surface area contributed by atoms with Gasteiger partial charge >= 0.3 is 16.1 Å². The van der Waals surface area contributed by atoms with Gasteiger partial charge in [0, 0.05) is 13.5 Å². The Balaban J connectivity index is 3.04. The molecule has 1 aromatic rings. The second-order valence-electron chi connectivity index (χ2n) is 4.37. The zero-order chi connectivity index (χ0) is 16.0. The molecule has 0 aliphatic heterocycles. The third-order valence-corrected chi connectivity index (χ3v) is 3.04.